The lowest BCUT2D eigenvalue weighted by molar-refractivity contribution is 0.250. The second-order valence-electron chi connectivity index (χ2n) is 5.49. The Kier molecular flexibility index (Phi) is 3.67. The number of sulfone groups is 1. The van der Waals surface area contributed by atoms with Crippen LogP contribution in [0.3, 0.4) is 0 Å². The number of hydrogen-bond donors (Lipinski definition) is 1. The molecule has 3 rings (SSSR count). The van der Waals surface area contributed by atoms with Gasteiger partial charge in [-0.1, -0.05) is 24.6 Å². The van der Waals surface area contributed by atoms with Crippen molar-refractivity contribution in [1.82, 2.24) is 4.90 Å². The third-order valence-electron chi connectivity index (χ3n) is 4.11. The second kappa shape index (κ2) is 5.31. The predicted molar refractivity (Wildman–Crippen MR) is 79.8 cm³/mol. The minimum absolute atomic E-state index is 0.257. The van der Waals surface area contributed by atoms with E-state index in [1.165, 1.54) is 6.42 Å². The summed E-state index contributed by atoms with van der Waals surface area (Å²) >= 11 is 0. The van der Waals surface area contributed by atoms with Gasteiger partial charge in [0.25, 0.3) is 0 Å². The van der Waals surface area contributed by atoms with E-state index in [0.29, 0.717) is 21.9 Å². The van der Waals surface area contributed by atoms with Crippen LogP contribution in [-0.2, 0) is 16.4 Å². The molecule has 0 radical (unpaired) electrons. The zero-order valence-corrected chi connectivity index (χ0v) is 12.3. The van der Waals surface area contributed by atoms with E-state index in [-0.39, 0.29) is 6.54 Å². The monoisotopic (exact) mass is 292 g/mol. The van der Waals surface area contributed by atoms with Crippen LogP contribution in [0.25, 0.3) is 6.08 Å². The van der Waals surface area contributed by atoms with Gasteiger partial charge in [0.05, 0.1) is 9.80 Å². The molecule has 0 bridgehead atoms. The molecule has 0 atom stereocenters. The Bertz CT molecular complexity index is 644. The van der Waals surface area contributed by atoms with Gasteiger partial charge < -0.3 is 5.73 Å². The van der Waals surface area contributed by atoms with Gasteiger partial charge in [0.2, 0.25) is 9.84 Å². The summed E-state index contributed by atoms with van der Waals surface area (Å²) in [4.78, 5) is 3.19. The van der Waals surface area contributed by atoms with E-state index < -0.39 is 9.84 Å². The van der Waals surface area contributed by atoms with E-state index in [2.05, 4.69) is 4.90 Å². The zero-order valence-electron chi connectivity index (χ0n) is 11.5. The topological polar surface area (TPSA) is 63.4 Å². The Labute approximate surface area is 120 Å². The molecule has 1 fully saturated rings. The van der Waals surface area contributed by atoms with E-state index in [1.807, 2.05) is 18.2 Å². The van der Waals surface area contributed by atoms with E-state index in [0.717, 1.165) is 31.5 Å². The maximum absolute atomic E-state index is 12.7. The number of fused-ring (bicyclic) bond motifs is 1. The number of nitrogens with two attached hydrogens (primary N) is 1. The van der Waals surface area contributed by atoms with Crippen molar-refractivity contribution in [3.8, 4) is 0 Å². The van der Waals surface area contributed by atoms with Crippen LogP contribution in [0.1, 0.15) is 30.4 Å². The van der Waals surface area contributed by atoms with Crippen LogP contribution in [0.2, 0.25) is 0 Å². The van der Waals surface area contributed by atoms with Crippen molar-refractivity contribution in [3.63, 3.8) is 0 Å². The lowest BCUT2D eigenvalue weighted by Crippen LogP contribution is -2.32. The van der Waals surface area contributed by atoms with Gasteiger partial charge >= 0.3 is 0 Å². The fraction of sp³-hybridized carbons (Fsp3) is 0.467. The molecule has 1 aromatic rings. The van der Waals surface area contributed by atoms with Crippen LogP contribution in [-0.4, -0.2) is 33.0 Å². The summed E-state index contributed by atoms with van der Waals surface area (Å²) in [6.07, 6.45) is 5.39. The molecule has 4 nitrogen and oxygen atoms in total. The average molecular weight is 292 g/mol. The molecular formula is C15H20N2O2S. The number of rotatable bonds is 3. The Morgan fingerprint density at radius 3 is 2.60 bits per heavy atom. The highest BCUT2D eigenvalue weighted by Gasteiger charge is 2.32. The lowest BCUT2D eigenvalue weighted by atomic mass is 10.1. The summed E-state index contributed by atoms with van der Waals surface area (Å²) in [5, 5.41) is 0. The fourth-order valence-electron chi connectivity index (χ4n) is 3.06. The third-order valence-corrected chi connectivity index (χ3v) is 6.08. The maximum Gasteiger partial charge on any atom is 0.204 e. The van der Waals surface area contributed by atoms with Crippen molar-refractivity contribution >= 4 is 15.9 Å². The molecule has 0 saturated carbocycles. The first kappa shape index (κ1) is 13.8. The minimum Gasteiger partial charge on any atom is -0.326 e. The molecule has 2 N–H and O–H groups in total. The van der Waals surface area contributed by atoms with Gasteiger partial charge in [0, 0.05) is 13.1 Å². The summed E-state index contributed by atoms with van der Waals surface area (Å²) in [6.45, 7) is 2.77. The fourth-order valence-corrected chi connectivity index (χ4v) is 4.89. The number of likely N-dealkylation sites (tertiary alicyclic amines) is 1. The Hall–Kier alpha value is -1.17. The molecule has 0 aliphatic carbocycles. The van der Waals surface area contributed by atoms with Crippen LogP contribution in [0.4, 0.5) is 0 Å². The zero-order chi connectivity index (χ0) is 14.2. The maximum atomic E-state index is 12.7. The van der Waals surface area contributed by atoms with Gasteiger partial charge in [-0.25, -0.2) is 8.42 Å². The van der Waals surface area contributed by atoms with E-state index in [4.69, 9.17) is 5.73 Å². The number of nitrogens with zero attached hydrogens (tertiary/aromatic N) is 1. The van der Waals surface area contributed by atoms with Gasteiger partial charge in [-0.3, -0.25) is 4.90 Å². The first-order valence-corrected chi connectivity index (χ1v) is 8.61. The van der Waals surface area contributed by atoms with E-state index in [1.54, 1.807) is 6.07 Å². The van der Waals surface area contributed by atoms with E-state index >= 15 is 0 Å². The van der Waals surface area contributed by atoms with Crippen molar-refractivity contribution in [2.24, 2.45) is 5.73 Å². The summed E-state index contributed by atoms with van der Waals surface area (Å²) in [6, 6.07) is 5.53. The second-order valence-corrected chi connectivity index (χ2v) is 7.43. The molecule has 5 heteroatoms. The Balaban J connectivity index is 1.92. The van der Waals surface area contributed by atoms with Gasteiger partial charge in [-0.15, -0.1) is 0 Å². The molecule has 108 valence electrons. The van der Waals surface area contributed by atoms with Gasteiger partial charge in [0.1, 0.15) is 0 Å². The molecule has 0 unspecified atom stereocenters. The summed E-state index contributed by atoms with van der Waals surface area (Å²) in [5.74, 6) is 0. The molecule has 0 spiro atoms. The SMILES string of the molecule is NCc1cccc2c1S(=O)(=O)C(CN1CCCCC1)=C2. The van der Waals surface area contributed by atoms with Gasteiger partial charge in [-0.05, 0) is 43.1 Å². The highest BCUT2D eigenvalue weighted by molar-refractivity contribution is 7.96. The molecule has 0 aromatic heterocycles. The van der Waals surface area contributed by atoms with Crippen LogP contribution in [0, 0.1) is 0 Å². The smallest absolute Gasteiger partial charge is 0.204 e. The number of hydrogen-bond acceptors (Lipinski definition) is 4. The molecule has 2 aliphatic heterocycles. The van der Waals surface area contributed by atoms with Crippen molar-refractivity contribution in [2.75, 3.05) is 19.6 Å². The summed E-state index contributed by atoms with van der Waals surface area (Å²) in [7, 11) is -3.35. The summed E-state index contributed by atoms with van der Waals surface area (Å²) < 4.78 is 25.4. The van der Waals surface area contributed by atoms with Crippen molar-refractivity contribution < 1.29 is 8.42 Å². The highest BCUT2D eigenvalue weighted by atomic mass is 32.2. The first-order chi connectivity index (χ1) is 9.63. The standard InChI is InChI=1S/C15H20N2O2S/c16-10-13-6-4-5-12-9-14(20(18,19)15(12)13)11-17-7-2-1-3-8-17/h4-6,9H,1-3,7-8,10-11,16H2. The molecular weight excluding hydrogens is 272 g/mol. The predicted octanol–water partition coefficient (Wildman–Crippen LogP) is 1.76. The third kappa shape index (κ3) is 2.30. The van der Waals surface area contributed by atoms with Gasteiger partial charge in [0.15, 0.2) is 0 Å². The van der Waals surface area contributed by atoms with Crippen molar-refractivity contribution in [2.45, 2.75) is 30.7 Å². The van der Waals surface area contributed by atoms with Crippen LogP contribution in [0.15, 0.2) is 28.0 Å². The molecule has 20 heavy (non-hydrogen) atoms. The average Bonchev–Trinajstić information content (AvgIpc) is 2.71. The molecule has 0 amide bonds. The molecule has 1 saturated heterocycles. The van der Waals surface area contributed by atoms with Crippen LogP contribution in [0.5, 0.6) is 0 Å². The van der Waals surface area contributed by atoms with Crippen LogP contribution < -0.4 is 5.73 Å². The quantitative estimate of drug-likeness (QED) is 0.922. The Morgan fingerprint density at radius 2 is 1.90 bits per heavy atom. The number of piperidine rings is 1. The van der Waals surface area contributed by atoms with Gasteiger partial charge in [-0.2, -0.15) is 0 Å². The largest absolute Gasteiger partial charge is 0.326 e. The Morgan fingerprint density at radius 1 is 1.15 bits per heavy atom. The molecule has 2 heterocycles. The number of benzene rings is 1. The highest BCUT2D eigenvalue weighted by Crippen LogP contribution is 2.35. The molecule has 2 aliphatic rings. The normalized spacial score (nSPS) is 21.6. The summed E-state index contributed by atoms with van der Waals surface area (Å²) in [5.41, 5.74) is 7.18. The lowest BCUT2D eigenvalue weighted by Gasteiger charge is -2.26. The van der Waals surface area contributed by atoms with Crippen molar-refractivity contribution in [3.05, 3.63) is 34.2 Å². The van der Waals surface area contributed by atoms with Crippen molar-refractivity contribution in [1.29, 1.82) is 0 Å². The molecule has 1 aromatic carbocycles. The van der Waals surface area contributed by atoms with E-state index in [9.17, 15) is 8.42 Å². The minimum atomic E-state index is -3.35. The first-order valence-electron chi connectivity index (χ1n) is 7.13. The van der Waals surface area contributed by atoms with Crippen LogP contribution >= 0.6 is 0 Å².